The molecule has 1 unspecified atom stereocenters. The first-order valence-electron chi connectivity index (χ1n) is 6.88. The molecule has 3 aromatic rings. The lowest BCUT2D eigenvalue weighted by molar-refractivity contribution is 0.573. The van der Waals surface area contributed by atoms with E-state index in [1.807, 2.05) is 37.5 Å². The van der Waals surface area contributed by atoms with Gasteiger partial charge in [-0.15, -0.1) is 0 Å². The third-order valence-corrected chi connectivity index (χ3v) is 3.64. The van der Waals surface area contributed by atoms with Gasteiger partial charge in [0.15, 0.2) is 0 Å². The minimum Gasteiger partial charge on any atom is -0.313 e. The predicted octanol–water partition coefficient (Wildman–Crippen LogP) is 3.27. The quantitative estimate of drug-likeness (QED) is 0.797. The summed E-state index contributed by atoms with van der Waals surface area (Å²) in [6.45, 7) is 0. The van der Waals surface area contributed by atoms with Crippen molar-refractivity contribution < 1.29 is 4.39 Å². The minimum atomic E-state index is -0.313. The van der Waals surface area contributed by atoms with Crippen LogP contribution in [0.1, 0.15) is 17.2 Å². The van der Waals surface area contributed by atoms with E-state index in [0.29, 0.717) is 0 Å². The number of aromatic nitrogens is 2. The number of pyridine rings is 2. The van der Waals surface area contributed by atoms with Crippen molar-refractivity contribution >= 4 is 10.9 Å². The van der Waals surface area contributed by atoms with Crippen LogP contribution in [0.5, 0.6) is 0 Å². The van der Waals surface area contributed by atoms with E-state index in [1.54, 1.807) is 6.20 Å². The van der Waals surface area contributed by atoms with E-state index in [4.69, 9.17) is 0 Å². The molecule has 21 heavy (non-hydrogen) atoms. The molecule has 3 nitrogen and oxygen atoms in total. The molecule has 106 valence electrons. The zero-order valence-corrected chi connectivity index (χ0v) is 11.8. The fraction of sp³-hybridized carbons (Fsp3) is 0.176. The van der Waals surface area contributed by atoms with E-state index < -0.39 is 0 Å². The molecule has 0 aliphatic carbocycles. The van der Waals surface area contributed by atoms with Gasteiger partial charge in [0.05, 0.1) is 11.7 Å². The van der Waals surface area contributed by atoms with E-state index in [2.05, 4.69) is 21.4 Å². The maximum atomic E-state index is 13.4. The highest BCUT2D eigenvalue weighted by atomic mass is 19.1. The van der Waals surface area contributed by atoms with Crippen molar-refractivity contribution in [2.24, 2.45) is 0 Å². The van der Waals surface area contributed by atoms with Crippen molar-refractivity contribution in [3.05, 3.63) is 71.9 Å². The third-order valence-electron chi connectivity index (χ3n) is 3.64. The normalized spacial score (nSPS) is 12.5. The fourth-order valence-electron chi connectivity index (χ4n) is 2.56. The molecule has 0 saturated heterocycles. The SMILES string of the molecule is CNC(Cc1ccnc2ccccc12)c1cncc(F)c1. The molecule has 0 saturated carbocycles. The van der Waals surface area contributed by atoms with Crippen LogP contribution in [0.2, 0.25) is 0 Å². The Balaban J connectivity index is 1.96. The van der Waals surface area contributed by atoms with Crippen LogP contribution in [0.15, 0.2) is 55.0 Å². The van der Waals surface area contributed by atoms with Crippen LogP contribution in [-0.2, 0) is 6.42 Å². The molecule has 0 radical (unpaired) electrons. The van der Waals surface area contributed by atoms with Crippen molar-refractivity contribution in [3.63, 3.8) is 0 Å². The molecular weight excluding hydrogens is 265 g/mol. The van der Waals surface area contributed by atoms with Gasteiger partial charge in [-0.3, -0.25) is 9.97 Å². The number of hydrogen-bond acceptors (Lipinski definition) is 3. The highest BCUT2D eigenvalue weighted by Crippen LogP contribution is 2.23. The molecule has 3 rings (SSSR count). The Bertz CT molecular complexity index is 752. The molecule has 0 amide bonds. The van der Waals surface area contributed by atoms with Gasteiger partial charge in [-0.1, -0.05) is 18.2 Å². The molecule has 0 aliphatic rings. The minimum absolute atomic E-state index is 0.0130. The summed E-state index contributed by atoms with van der Waals surface area (Å²) in [6.07, 6.45) is 5.49. The van der Waals surface area contributed by atoms with Crippen LogP contribution in [0.3, 0.4) is 0 Å². The van der Waals surface area contributed by atoms with Crippen LogP contribution < -0.4 is 5.32 Å². The van der Waals surface area contributed by atoms with E-state index in [1.165, 1.54) is 17.8 Å². The molecule has 1 aromatic carbocycles. The first-order chi connectivity index (χ1) is 10.3. The van der Waals surface area contributed by atoms with Gasteiger partial charge in [0, 0.05) is 23.8 Å². The van der Waals surface area contributed by atoms with Gasteiger partial charge in [-0.25, -0.2) is 4.39 Å². The standard InChI is InChI=1S/C17H16FN3/c1-19-17(13-8-14(18)11-20-10-13)9-12-6-7-21-16-5-3-2-4-15(12)16/h2-8,10-11,17,19H,9H2,1H3. The Morgan fingerprint density at radius 2 is 2.05 bits per heavy atom. The smallest absolute Gasteiger partial charge is 0.141 e. The Morgan fingerprint density at radius 3 is 2.86 bits per heavy atom. The maximum Gasteiger partial charge on any atom is 0.141 e. The number of hydrogen-bond donors (Lipinski definition) is 1. The lowest BCUT2D eigenvalue weighted by atomic mass is 9.98. The molecule has 0 aliphatic heterocycles. The van der Waals surface area contributed by atoms with Gasteiger partial charge < -0.3 is 5.32 Å². The van der Waals surface area contributed by atoms with Crippen LogP contribution in [0, 0.1) is 5.82 Å². The van der Waals surface area contributed by atoms with E-state index in [9.17, 15) is 4.39 Å². The van der Waals surface area contributed by atoms with Crippen LogP contribution in [-0.4, -0.2) is 17.0 Å². The summed E-state index contributed by atoms with van der Waals surface area (Å²) in [5, 5.41) is 4.36. The monoisotopic (exact) mass is 281 g/mol. The summed E-state index contributed by atoms with van der Waals surface area (Å²) >= 11 is 0. The first kappa shape index (κ1) is 13.6. The van der Waals surface area contributed by atoms with Crippen molar-refractivity contribution in [1.29, 1.82) is 0 Å². The largest absolute Gasteiger partial charge is 0.313 e. The van der Waals surface area contributed by atoms with Crippen molar-refractivity contribution in [1.82, 2.24) is 15.3 Å². The zero-order chi connectivity index (χ0) is 14.7. The number of likely N-dealkylation sites (N-methyl/N-ethyl adjacent to an activating group) is 1. The maximum absolute atomic E-state index is 13.4. The highest BCUT2D eigenvalue weighted by Gasteiger charge is 2.13. The number of rotatable bonds is 4. The summed E-state index contributed by atoms with van der Waals surface area (Å²) in [7, 11) is 1.87. The number of benzene rings is 1. The number of fused-ring (bicyclic) bond motifs is 1. The van der Waals surface area contributed by atoms with Crippen molar-refractivity contribution in [2.45, 2.75) is 12.5 Å². The Labute approximate surface area is 122 Å². The summed E-state index contributed by atoms with van der Waals surface area (Å²) in [4.78, 5) is 8.30. The molecule has 0 bridgehead atoms. The third kappa shape index (κ3) is 2.90. The van der Waals surface area contributed by atoms with E-state index in [0.717, 1.165) is 22.9 Å². The van der Waals surface area contributed by atoms with Gasteiger partial charge in [0.2, 0.25) is 0 Å². The van der Waals surface area contributed by atoms with E-state index >= 15 is 0 Å². The summed E-state index contributed by atoms with van der Waals surface area (Å²) in [5.74, 6) is -0.313. The van der Waals surface area contributed by atoms with Gasteiger partial charge in [-0.2, -0.15) is 0 Å². The van der Waals surface area contributed by atoms with E-state index in [-0.39, 0.29) is 11.9 Å². The molecule has 1 N–H and O–H groups in total. The van der Waals surface area contributed by atoms with Crippen LogP contribution >= 0.6 is 0 Å². The summed E-state index contributed by atoms with van der Waals surface area (Å²) < 4.78 is 13.4. The lowest BCUT2D eigenvalue weighted by Gasteiger charge is -2.17. The summed E-state index contributed by atoms with van der Waals surface area (Å²) in [5.41, 5.74) is 3.00. The average molecular weight is 281 g/mol. The van der Waals surface area contributed by atoms with Crippen LogP contribution in [0.25, 0.3) is 10.9 Å². The van der Waals surface area contributed by atoms with Crippen molar-refractivity contribution in [3.8, 4) is 0 Å². The first-order valence-corrected chi connectivity index (χ1v) is 6.88. The molecule has 2 heterocycles. The molecule has 2 aromatic heterocycles. The highest BCUT2D eigenvalue weighted by molar-refractivity contribution is 5.81. The van der Waals surface area contributed by atoms with Gasteiger partial charge >= 0.3 is 0 Å². The lowest BCUT2D eigenvalue weighted by Crippen LogP contribution is -2.19. The molecular formula is C17H16FN3. The summed E-state index contributed by atoms with van der Waals surface area (Å²) in [6, 6.07) is 11.6. The second kappa shape index (κ2) is 5.97. The fourth-order valence-corrected chi connectivity index (χ4v) is 2.56. The van der Waals surface area contributed by atoms with Crippen LogP contribution in [0.4, 0.5) is 4.39 Å². The molecule has 4 heteroatoms. The second-order valence-corrected chi connectivity index (χ2v) is 4.97. The molecule has 1 atom stereocenters. The Morgan fingerprint density at radius 1 is 1.19 bits per heavy atom. The van der Waals surface area contributed by atoms with Gasteiger partial charge in [-0.05, 0) is 42.8 Å². The topological polar surface area (TPSA) is 37.8 Å². The predicted molar refractivity (Wildman–Crippen MR) is 81.4 cm³/mol. The molecule has 0 spiro atoms. The number of para-hydroxylation sites is 1. The Kier molecular flexibility index (Phi) is 3.88. The van der Waals surface area contributed by atoms with Gasteiger partial charge in [0.1, 0.15) is 5.82 Å². The number of nitrogens with zero attached hydrogens (tertiary/aromatic N) is 2. The Hall–Kier alpha value is -2.33. The van der Waals surface area contributed by atoms with Crippen molar-refractivity contribution in [2.75, 3.05) is 7.05 Å². The molecule has 0 fully saturated rings. The average Bonchev–Trinajstić information content (AvgIpc) is 2.52. The van der Waals surface area contributed by atoms with Gasteiger partial charge in [0.25, 0.3) is 0 Å². The zero-order valence-electron chi connectivity index (χ0n) is 11.8. The second-order valence-electron chi connectivity index (χ2n) is 4.97. The number of nitrogens with one attached hydrogen (secondary N) is 1. The number of halogens is 1.